The third-order valence-corrected chi connectivity index (χ3v) is 7.50. The quantitative estimate of drug-likeness (QED) is 0.393. The fourth-order valence-electron chi connectivity index (χ4n) is 5.54. The second-order valence-electron chi connectivity index (χ2n) is 9.92. The largest absolute Gasteiger partial charge is 0.453 e. The van der Waals surface area contributed by atoms with Crippen molar-refractivity contribution in [2.75, 3.05) is 31.5 Å². The summed E-state index contributed by atoms with van der Waals surface area (Å²) in [5.41, 5.74) is -0.213. The molecule has 3 aliphatic heterocycles. The van der Waals surface area contributed by atoms with Crippen LogP contribution in [-0.2, 0) is 19.9 Å². The van der Waals surface area contributed by atoms with Crippen LogP contribution >= 0.6 is 0 Å². The molecule has 2 bridgehead atoms. The van der Waals surface area contributed by atoms with Gasteiger partial charge in [0.15, 0.2) is 12.6 Å². The molecule has 0 radical (unpaired) electrons. The van der Waals surface area contributed by atoms with E-state index in [1.807, 2.05) is 19.1 Å². The van der Waals surface area contributed by atoms with Gasteiger partial charge in [0, 0.05) is 30.7 Å². The normalized spacial score (nSPS) is 23.2. The van der Waals surface area contributed by atoms with E-state index in [-0.39, 0.29) is 24.5 Å². The van der Waals surface area contributed by atoms with Gasteiger partial charge in [0.2, 0.25) is 11.5 Å². The van der Waals surface area contributed by atoms with Gasteiger partial charge in [0.05, 0.1) is 13.1 Å². The van der Waals surface area contributed by atoms with E-state index in [4.69, 9.17) is 4.74 Å². The minimum atomic E-state index is -1.92. The van der Waals surface area contributed by atoms with E-state index in [1.165, 1.54) is 0 Å². The Morgan fingerprint density at radius 1 is 1.03 bits per heavy atom. The Balaban J connectivity index is 1.33. The molecule has 2 N–H and O–H groups in total. The van der Waals surface area contributed by atoms with Crippen LogP contribution in [0.5, 0.6) is 0 Å². The van der Waals surface area contributed by atoms with E-state index >= 15 is 0 Å². The van der Waals surface area contributed by atoms with E-state index in [2.05, 4.69) is 15.3 Å². The summed E-state index contributed by atoms with van der Waals surface area (Å²) < 4.78 is 6.62. The standard InChI is InChI=1S/C28H30N4O4/c1-20-12-15-29-27(30-20)31-25(33)19-32-16-13-21(14-17-32)24(18-32)36-26(34)28(35,22-8-4-2-5-9-22)23-10-6-3-7-11-23/h2-12,15,21,24,35H,13-14,16-19H2,1H3/p+1/t21?,24-,32?/m0/s1. The fourth-order valence-corrected chi connectivity index (χ4v) is 5.54. The highest BCUT2D eigenvalue weighted by Gasteiger charge is 2.51. The van der Waals surface area contributed by atoms with Gasteiger partial charge in [-0.05, 0) is 24.1 Å². The van der Waals surface area contributed by atoms with Crippen LogP contribution in [-0.4, -0.2) is 63.7 Å². The number of fused-ring (bicyclic) bond motifs is 3. The van der Waals surface area contributed by atoms with E-state index in [1.54, 1.807) is 60.8 Å². The van der Waals surface area contributed by atoms with Gasteiger partial charge in [-0.2, -0.15) is 0 Å². The number of nitrogens with one attached hydrogen (secondary N) is 1. The van der Waals surface area contributed by atoms with Crippen molar-refractivity contribution in [3.63, 3.8) is 0 Å². The number of hydrogen-bond donors (Lipinski definition) is 2. The number of aryl methyl sites for hydroxylation is 1. The number of nitrogens with zero attached hydrogens (tertiary/aromatic N) is 3. The summed E-state index contributed by atoms with van der Waals surface area (Å²) in [4.78, 5) is 34.9. The van der Waals surface area contributed by atoms with Crippen molar-refractivity contribution in [3.05, 3.63) is 89.7 Å². The molecule has 0 spiro atoms. The lowest BCUT2D eigenvalue weighted by atomic mass is 9.82. The van der Waals surface area contributed by atoms with Crippen LogP contribution in [0.15, 0.2) is 72.9 Å². The van der Waals surface area contributed by atoms with Crippen LogP contribution in [0.1, 0.15) is 29.7 Å². The Hall–Kier alpha value is -3.62. The third-order valence-electron chi connectivity index (χ3n) is 7.50. The number of aromatic nitrogens is 2. The van der Waals surface area contributed by atoms with Gasteiger partial charge in [-0.3, -0.25) is 10.1 Å². The maximum atomic E-state index is 13.6. The second-order valence-corrected chi connectivity index (χ2v) is 9.92. The van der Waals surface area contributed by atoms with Gasteiger partial charge in [0.1, 0.15) is 6.54 Å². The number of amides is 1. The van der Waals surface area contributed by atoms with E-state index in [9.17, 15) is 14.7 Å². The Kier molecular flexibility index (Phi) is 6.55. The average molecular weight is 488 g/mol. The molecule has 3 aromatic rings. The van der Waals surface area contributed by atoms with E-state index < -0.39 is 11.6 Å². The molecule has 0 saturated carbocycles. The zero-order chi connectivity index (χ0) is 25.2. The van der Waals surface area contributed by atoms with Gasteiger partial charge in [-0.15, -0.1) is 0 Å². The average Bonchev–Trinajstić information content (AvgIpc) is 2.89. The van der Waals surface area contributed by atoms with Crippen LogP contribution < -0.4 is 5.32 Å². The first-order valence-corrected chi connectivity index (χ1v) is 12.4. The van der Waals surface area contributed by atoms with Crippen molar-refractivity contribution < 1.29 is 23.9 Å². The zero-order valence-corrected chi connectivity index (χ0v) is 20.3. The molecule has 1 amide bonds. The number of ether oxygens (including phenoxy) is 1. The molecule has 3 fully saturated rings. The minimum Gasteiger partial charge on any atom is -0.453 e. The maximum absolute atomic E-state index is 13.6. The molecule has 0 aliphatic carbocycles. The molecule has 186 valence electrons. The van der Waals surface area contributed by atoms with Gasteiger partial charge in [0.25, 0.3) is 5.91 Å². The van der Waals surface area contributed by atoms with Gasteiger partial charge < -0.3 is 14.3 Å². The number of esters is 1. The molecule has 8 heteroatoms. The Morgan fingerprint density at radius 2 is 1.64 bits per heavy atom. The number of aliphatic hydroxyl groups is 1. The summed E-state index contributed by atoms with van der Waals surface area (Å²) in [6, 6.07) is 19.6. The Morgan fingerprint density at radius 3 is 2.22 bits per heavy atom. The van der Waals surface area contributed by atoms with Crippen molar-refractivity contribution in [3.8, 4) is 0 Å². The molecule has 3 aliphatic rings. The zero-order valence-electron chi connectivity index (χ0n) is 20.3. The maximum Gasteiger partial charge on any atom is 0.348 e. The molecule has 3 saturated heterocycles. The topological polar surface area (TPSA) is 101 Å². The first-order valence-electron chi connectivity index (χ1n) is 12.4. The van der Waals surface area contributed by atoms with Crippen LogP contribution in [0, 0.1) is 12.8 Å². The first kappa shape index (κ1) is 24.1. The Bertz CT molecular complexity index is 1190. The van der Waals surface area contributed by atoms with Crippen molar-refractivity contribution in [1.82, 2.24) is 9.97 Å². The fraction of sp³-hybridized carbons (Fsp3) is 0.357. The molecule has 1 aromatic heterocycles. The highest BCUT2D eigenvalue weighted by Crippen LogP contribution is 2.38. The number of rotatable bonds is 7. The highest BCUT2D eigenvalue weighted by molar-refractivity contribution is 5.90. The number of anilines is 1. The van der Waals surface area contributed by atoms with Crippen LogP contribution in [0.2, 0.25) is 0 Å². The van der Waals surface area contributed by atoms with Crippen molar-refractivity contribution in [2.24, 2.45) is 5.92 Å². The van der Waals surface area contributed by atoms with Gasteiger partial charge in [-0.1, -0.05) is 60.7 Å². The van der Waals surface area contributed by atoms with Crippen molar-refractivity contribution in [1.29, 1.82) is 0 Å². The summed E-state index contributed by atoms with van der Waals surface area (Å²) in [7, 11) is 0. The lowest BCUT2D eigenvalue weighted by molar-refractivity contribution is -0.939. The van der Waals surface area contributed by atoms with Crippen molar-refractivity contribution in [2.45, 2.75) is 31.5 Å². The summed E-state index contributed by atoms with van der Waals surface area (Å²) in [5.74, 6) is -0.331. The predicted octanol–water partition coefficient (Wildman–Crippen LogP) is 2.81. The second kappa shape index (κ2) is 9.79. The number of carbonyl (C=O) groups is 2. The predicted molar refractivity (Wildman–Crippen MR) is 134 cm³/mol. The number of hydrogen-bond acceptors (Lipinski definition) is 6. The monoisotopic (exact) mass is 487 g/mol. The number of carbonyl (C=O) groups excluding carboxylic acids is 2. The summed E-state index contributed by atoms with van der Waals surface area (Å²) >= 11 is 0. The Labute approximate surface area is 210 Å². The molecule has 2 aromatic carbocycles. The molecule has 1 atom stereocenters. The minimum absolute atomic E-state index is 0.156. The lowest BCUT2D eigenvalue weighted by Gasteiger charge is -2.51. The third kappa shape index (κ3) is 4.74. The molecule has 6 rings (SSSR count). The summed E-state index contributed by atoms with van der Waals surface area (Å²) in [6.07, 6.45) is 2.97. The number of benzene rings is 2. The summed E-state index contributed by atoms with van der Waals surface area (Å²) in [5, 5.41) is 14.6. The van der Waals surface area contributed by atoms with Crippen LogP contribution in [0.4, 0.5) is 5.95 Å². The molecule has 8 nitrogen and oxygen atoms in total. The van der Waals surface area contributed by atoms with Gasteiger partial charge in [-0.25, -0.2) is 14.8 Å². The van der Waals surface area contributed by atoms with E-state index in [0.717, 1.165) is 31.6 Å². The van der Waals surface area contributed by atoms with Crippen LogP contribution in [0.3, 0.4) is 0 Å². The van der Waals surface area contributed by atoms with Crippen molar-refractivity contribution >= 4 is 17.8 Å². The van der Waals surface area contributed by atoms with E-state index in [0.29, 0.717) is 28.1 Å². The SMILES string of the molecule is Cc1ccnc(NC(=O)C[N+]23CCC(CC2)[C@@H](OC(=O)C(O)(c2ccccc2)c2ccccc2)C3)n1. The smallest absolute Gasteiger partial charge is 0.348 e. The first-order chi connectivity index (χ1) is 17.4. The molecule has 36 heavy (non-hydrogen) atoms. The summed E-state index contributed by atoms with van der Waals surface area (Å²) in [6.45, 7) is 4.35. The highest BCUT2D eigenvalue weighted by atomic mass is 16.6. The lowest BCUT2D eigenvalue weighted by Crippen LogP contribution is -2.66. The molecule has 4 heterocycles. The molecular formula is C28H31N4O4+. The number of piperidine rings is 3. The molecular weight excluding hydrogens is 456 g/mol. The molecule has 0 unspecified atom stereocenters. The number of quaternary nitrogens is 1. The van der Waals surface area contributed by atoms with Gasteiger partial charge >= 0.3 is 5.97 Å². The van der Waals surface area contributed by atoms with Crippen LogP contribution in [0.25, 0.3) is 0 Å².